The van der Waals surface area contributed by atoms with Gasteiger partial charge < -0.3 is 9.73 Å². The predicted octanol–water partition coefficient (Wildman–Crippen LogP) is 5.46. The summed E-state index contributed by atoms with van der Waals surface area (Å²) in [6.07, 6.45) is 7.27. The Morgan fingerprint density at radius 2 is 1.84 bits per heavy atom. The van der Waals surface area contributed by atoms with E-state index in [0.717, 1.165) is 50.4 Å². The Morgan fingerprint density at radius 3 is 2.61 bits per heavy atom. The summed E-state index contributed by atoms with van der Waals surface area (Å²) in [4.78, 5) is 13.8. The van der Waals surface area contributed by atoms with E-state index in [2.05, 4.69) is 43.5 Å². The van der Waals surface area contributed by atoms with E-state index >= 15 is 0 Å². The number of hydrogen-bond donors (Lipinski definition) is 2. The molecular weight excluding hydrogens is 388 g/mol. The van der Waals surface area contributed by atoms with Crippen LogP contribution in [0.15, 0.2) is 65.7 Å². The number of furan rings is 1. The van der Waals surface area contributed by atoms with Crippen LogP contribution in [0.3, 0.4) is 0 Å². The van der Waals surface area contributed by atoms with Crippen molar-refractivity contribution in [3.8, 4) is 22.4 Å². The maximum atomic E-state index is 5.56. The molecule has 0 bridgehead atoms. The number of hydrogen-bond acceptors (Lipinski definition) is 6. The first-order valence-electron chi connectivity index (χ1n) is 10.1. The molecule has 31 heavy (non-hydrogen) atoms. The zero-order valence-corrected chi connectivity index (χ0v) is 17.5. The second-order valence-corrected chi connectivity index (χ2v) is 7.64. The van der Waals surface area contributed by atoms with Gasteiger partial charge in [-0.2, -0.15) is 5.10 Å². The Hall–Kier alpha value is -4.00. The number of nitrogens with zero attached hydrogens (tertiary/aromatic N) is 4. The van der Waals surface area contributed by atoms with Crippen molar-refractivity contribution in [1.29, 1.82) is 0 Å². The van der Waals surface area contributed by atoms with E-state index in [1.807, 2.05) is 56.6 Å². The minimum Gasteiger partial charge on any atom is -0.464 e. The number of aryl methyl sites for hydroxylation is 2. The molecule has 0 saturated heterocycles. The quantitative estimate of drug-likeness (QED) is 0.399. The number of benzene rings is 1. The Kier molecular flexibility index (Phi) is 4.71. The van der Waals surface area contributed by atoms with Gasteiger partial charge in [-0.25, -0.2) is 9.97 Å². The highest BCUT2D eigenvalue weighted by Crippen LogP contribution is 2.28. The zero-order valence-electron chi connectivity index (χ0n) is 17.5. The number of rotatable bonds is 5. The van der Waals surface area contributed by atoms with E-state index in [4.69, 9.17) is 4.42 Å². The van der Waals surface area contributed by atoms with Crippen LogP contribution in [0.5, 0.6) is 0 Å². The molecule has 4 heterocycles. The molecule has 0 aliphatic heterocycles. The van der Waals surface area contributed by atoms with Crippen LogP contribution in [0.25, 0.3) is 33.4 Å². The topological polar surface area (TPSA) is 92.5 Å². The third-order valence-electron chi connectivity index (χ3n) is 5.33. The van der Waals surface area contributed by atoms with Gasteiger partial charge in [0.2, 0.25) is 0 Å². The molecule has 0 saturated carbocycles. The molecule has 1 atom stereocenters. The van der Waals surface area contributed by atoms with Crippen molar-refractivity contribution < 1.29 is 4.42 Å². The molecule has 154 valence electrons. The summed E-state index contributed by atoms with van der Waals surface area (Å²) in [6.45, 7) is 6.01. The van der Waals surface area contributed by atoms with Crippen molar-refractivity contribution >= 4 is 16.8 Å². The van der Waals surface area contributed by atoms with Gasteiger partial charge in [-0.1, -0.05) is 6.07 Å². The van der Waals surface area contributed by atoms with Crippen LogP contribution in [0.1, 0.15) is 30.0 Å². The van der Waals surface area contributed by atoms with Crippen LogP contribution in [0.2, 0.25) is 0 Å². The number of H-pyrrole nitrogens is 1. The van der Waals surface area contributed by atoms with Gasteiger partial charge >= 0.3 is 0 Å². The van der Waals surface area contributed by atoms with Crippen molar-refractivity contribution in [3.63, 3.8) is 0 Å². The molecule has 7 nitrogen and oxygen atoms in total. The molecule has 7 heteroatoms. The highest BCUT2D eigenvalue weighted by Gasteiger charge is 2.12. The molecule has 4 aromatic heterocycles. The third-order valence-corrected chi connectivity index (χ3v) is 5.33. The summed E-state index contributed by atoms with van der Waals surface area (Å²) in [6, 6.07) is 12.1. The molecule has 0 aliphatic carbocycles. The van der Waals surface area contributed by atoms with Crippen LogP contribution in [-0.4, -0.2) is 25.1 Å². The fourth-order valence-electron chi connectivity index (χ4n) is 3.64. The zero-order chi connectivity index (χ0) is 21.4. The van der Waals surface area contributed by atoms with E-state index in [0.29, 0.717) is 5.82 Å². The van der Waals surface area contributed by atoms with Gasteiger partial charge in [0.1, 0.15) is 17.2 Å². The van der Waals surface area contributed by atoms with E-state index in [-0.39, 0.29) is 6.04 Å². The molecule has 5 rings (SSSR count). The number of nitrogens with one attached hydrogen (secondary N) is 2. The standard InChI is InChI=1S/C24H22N6O/c1-14-13-31-23-7-5-17(8-20(14)23)22-9-24(30-16(3)29-22)28-15(2)21-6-4-18(10-25-21)19-11-26-27-12-19/h4-13,15H,1-3H3,(H,26,27)(H,28,29,30)/t15-/m0/s1. The summed E-state index contributed by atoms with van der Waals surface area (Å²) >= 11 is 0. The third kappa shape index (κ3) is 3.77. The molecule has 0 aliphatic rings. The van der Waals surface area contributed by atoms with Crippen LogP contribution >= 0.6 is 0 Å². The summed E-state index contributed by atoms with van der Waals surface area (Å²) in [5.74, 6) is 1.47. The van der Waals surface area contributed by atoms with Crippen LogP contribution in [0.4, 0.5) is 5.82 Å². The Labute approximate surface area is 179 Å². The highest BCUT2D eigenvalue weighted by atomic mass is 16.3. The lowest BCUT2D eigenvalue weighted by Crippen LogP contribution is -2.10. The maximum absolute atomic E-state index is 5.56. The van der Waals surface area contributed by atoms with E-state index in [9.17, 15) is 0 Å². The summed E-state index contributed by atoms with van der Waals surface area (Å²) < 4.78 is 5.56. The fourth-order valence-corrected chi connectivity index (χ4v) is 3.64. The molecule has 0 radical (unpaired) electrons. The van der Waals surface area contributed by atoms with Gasteiger partial charge in [0.25, 0.3) is 0 Å². The van der Waals surface area contributed by atoms with Gasteiger partial charge in [-0.05, 0) is 50.6 Å². The normalized spacial score (nSPS) is 12.2. The first-order chi connectivity index (χ1) is 15.1. The van der Waals surface area contributed by atoms with E-state index in [1.165, 1.54) is 0 Å². The van der Waals surface area contributed by atoms with Gasteiger partial charge in [-0.3, -0.25) is 10.1 Å². The molecule has 0 fully saturated rings. The number of pyridine rings is 1. The van der Waals surface area contributed by atoms with Gasteiger partial charge in [0.15, 0.2) is 0 Å². The number of anilines is 1. The van der Waals surface area contributed by atoms with Crippen molar-refractivity contribution in [2.45, 2.75) is 26.8 Å². The molecule has 0 unspecified atom stereocenters. The number of fused-ring (bicyclic) bond motifs is 1. The second kappa shape index (κ2) is 7.68. The lowest BCUT2D eigenvalue weighted by atomic mass is 10.1. The average molecular weight is 410 g/mol. The maximum Gasteiger partial charge on any atom is 0.134 e. The highest BCUT2D eigenvalue weighted by molar-refractivity contribution is 5.85. The monoisotopic (exact) mass is 410 g/mol. The summed E-state index contributed by atoms with van der Waals surface area (Å²) in [5, 5.41) is 11.4. The minimum absolute atomic E-state index is 0.0147. The molecule has 1 aromatic carbocycles. The minimum atomic E-state index is -0.0147. The van der Waals surface area contributed by atoms with E-state index < -0.39 is 0 Å². The Bertz CT molecular complexity index is 1340. The number of aromatic nitrogens is 5. The Morgan fingerprint density at radius 1 is 0.968 bits per heavy atom. The van der Waals surface area contributed by atoms with Crippen LogP contribution in [0, 0.1) is 13.8 Å². The van der Waals surface area contributed by atoms with Gasteiger partial charge in [-0.15, -0.1) is 0 Å². The van der Waals surface area contributed by atoms with Crippen LogP contribution < -0.4 is 5.32 Å². The molecule has 2 N–H and O–H groups in total. The first-order valence-corrected chi connectivity index (χ1v) is 10.1. The fraction of sp³-hybridized carbons (Fsp3) is 0.167. The first kappa shape index (κ1) is 19.0. The second-order valence-electron chi connectivity index (χ2n) is 7.64. The lowest BCUT2D eigenvalue weighted by Gasteiger charge is -2.15. The molecule has 0 amide bonds. The largest absolute Gasteiger partial charge is 0.464 e. The molecular formula is C24H22N6O. The Balaban J connectivity index is 1.40. The summed E-state index contributed by atoms with van der Waals surface area (Å²) in [7, 11) is 0. The average Bonchev–Trinajstić information content (AvgIpc) is 3.44. The van der Waals surface area contributed by atoms with Gasteiger partial charge in [0.05, 0.1) is 29.9 Å². The molecule has 5 aromatic rings. The molecule has 0 spiro atoms. The van der Waals surface area contributed by atoms with Crippen molar-refractivity contribution in [3.05, 3.63) is 78.3 Å². The SMILES string of the molecule is Cc1nc(N[C@@H](C)c2ccc(-c3cn[nH]c3)cn2)cc(-c2ccc3occ(C)c3c2)n1. The summed E-state index contributed by atoms with van der Waals surface area (Å²) in [5.41, 5.74) is 6.85. The van der Waals surface area contributed by atoms with Crippen molar-refractivity contribution in [2.75, 3.05) is 5.32 Å². The van der Waals surface area contributed by atoms with Crippen molar-refractivity contribution in [1.82, 2.24) is 25.1 Å². The van der Waals surface area contributed by atoms with Gasteiger partial charge in [0, 0.05) is 40.5 Å². The number of aromatic amines is 1. The smallest absolute Gasteiger partial charge is 0.134 e. The lowest BCUT2D eigenvalue weighted by molar-refractivity contribution is 0.613. The van der Waals surface area contributed by atoms with E-state index in [1.54, 1.807) is 12.5 Å². The van der Waals surface area contributed by atoms with Crippen LogP contribution in [-0.2, 0) is 0 Å². The predicted molar refractivity (Wildman–Crippen MR) is 121 cm³/mol. The van der Waals surface area contributed by atoms with Crippen molar-refractivity contribution in [2.24, 2.45) is 0 Å².